The summed E-state index contributed by atoms with van der Waals surface area (Å²) in [6, 6.07) is 6.81. The van der Waals surface area contributed by atoms with Crippen molar-refractivity contribution in [2.45, 2.75) is 0 Å². The fraction of sp³-hybridized carbons (Fsp3) is 0.200. The van der Waals surface area contributed by atoms with E-state index in [0.717, 1.165) is 5.56 Å². The lowest BCUT2D eigenvalue weighted by molar-refractivity contribution is 0.605. The fourth-order valence-corrected chi connectivity index (χ4v) is 2.15. The fourth-order valence-electron chi connectivity index (χ4n) is 1.44. The summed E-state index contributed by atoms with van der Waals surface area (Å²) < 4.78 is 26.7. The van der Waals surface area contributed by atoms with Crippen molar-refractivity contribution < 1.29 is 8.42 Å². The molecule has 0 fully saturated rings. The minimum absolute atomic E-state index is 0.460. The van der Waals surface area contributed by atoms with Gasteiger partial charge in [0.2, 0.25) is 10.0 Å². The van der Waals surface area contributed by atoms with Crippen LogP contribution in [0.4, 0.5) is 5.69 Å². The Morgan fingerprint density at radius 3 is 2.50 bits per heavy atom. The first kappa shape index (κ1) is 12.8. The Balaban J connectivity index is 2.24. The van der Waals surface area contributed by atoms with Crippen LogP contribution in [0.3, 0.4) is 0 Å². The number of alkyl halides is 1. The van der Waals surface area contributed by atoms with Crippen LogP contribution in [0.25, 0.3) is 11.4 Å². The standard InChI is InChI=1S/C10H11ClN4O2S/c1-15-7-12-13-10(15)8-2-4-9(5-3-8)14-18(16,17)6-11/h2-5,7,14H,6H2,1H3. The summed E-state index contributed by atoms with van der Waals surface area (Å²) in [5, 5.41) is 7.26. The molecule has 1 aromatic heterocycles. The molecule has 96 valence electrons. The van der Waals surface area contributed by atoms with Crippen molar-refractivity contribution in [1.82, 2.24) is 14.8 Å². The minimum Gasteiger partial charge on any atom is -0.317 e. The average molecular weight is 287 g/mol. The van der Waals surface area contributed by atoms with Gasteiger partial charge in [0, 0.05) is 18.3 Å². The number of sulfonamides is 1. The molecule has 0 saturated carbocycles. The van der Waals surface area contributed by atoms with Crippen molar-refractivity contribution >= 4 is 27.3 Å². The Morgan fingerprint density at radius 1 is 1.33 bits per heavy atom. The maximum atomic E-state index is 11.3. The van der Waals surface area contributed by atoms with Gasteiger partial charge >= 0.3 is 0 Å². The molecule has 0 aliphatic heterocycles. The van der Waals surface area contributed by atoms with Crippen LogP contribution in [0.5, 0.6) is 0 Å². The van der Waals surface area contributed by atoms with Crippen LogP contribution in [-0.4, -0.2) is 28.4 Å². The van der Waals surface area contributed by atoms with E-state index in [1.807, 2.05) is 7.05 Å². The molecule has 0 spiro atoms. The van der Waals surface area contributed by atoms with Crippen LogP contribution in [0, 0.1) is 0 Å². The van der Waals surface area contributed by atoms with Crippen LogP contribution in [0.1, 0.15) is 0 Å². The van der Waals surface area contributed by atoms with Crippen molar-refractivity contribution in [1.29, 1.82) is 0 Å². The molecule has 0 aliphatic carbocycles. The Hall–Kier alpha value is -1.60. The topological polar surface area (TPSA) is 76.9 Å². The first-order valence-corrected chi connectivity index (χ1v) is 7.21. The number of hydrogen-bond donors (Lipinski definition) is 1. The quantitative estimate of drug-likeness (QED) is 0.863. The highest BCUT2D eigenvalue weighted by Crippen LogP contribution is 2.19. The highest BCUT2D eigenvalue weighted by Gasteiger charge is 2.09. The zero-order valence-electron chi connectivity index (χ0n) is 9.54. The van der Waals surface area contributed by atoms with Gasteiger partial charge in [-0.25, -0.2) is 8.42 Å². The molecule has 2 rings (SSSR count). The van der Waals surface area contributed by atoms with E-state index in [9.17, 15) is 8.42 Å². The minimum atomic E-state index is -3.47. The van der Waals surface area contributed by atoms with Crippen molar-refractivity contribution in [2.24, 2.45) is 7.05 Å². The maximum absolute atomic E-state index is 11.3. The number of nitrogens with zero attached hydrogens (tertiary/aromatic N) is 3. The van der Waals surface area contributed by atoms with Gasteiger partial charge in [-0.1, -0.05) is 0 Å². The number of hydrogen-bond acceptors (Lipinski definition) is 4. The highest BCUT2D eigenvalue weighted by molar-refractivity contribution is 7.93. The number of nitrogens with one attached hydrogen (secondary N) is 1. The monoisotopic (exact) mass is 286 g/mol. The summed E-state index contributed by atoms with van der Waals surface area (Å²) in [4.78, 5) is 0. The lowest BCUT2D eigenvalue weighted by Crippen LogP contribution is -2.13. The lowest BCUT2D eigenvalue weighted by atomic mass is 10.2. The molecule has 2 aromatic rings. The first-order valence-electron chi connectivity index (χ1n) is 5.03. The second-order valence-corrected chi connectivity index (χ2v) is 5.98. The molecule has 0 bridgehead atoms. The first-order chi connectivity index (χ1) is 8.52. The third kappa shape index (κ3) is 2.80. The second-order valence-electron chi connectivity index (χ2n) is 3.67. The molecule has 1 N–H and O–H groups in total. The summed E-state index contributed by atoms with van der Waals surface area (Å²) >= 11 is 5.30. The Labute approximate surface area is 110 Å². The molecule has 6 nitrogen and oxygen atoms in total. The van der Waals surface area contributed by atoms with Gasteiger partial charge in [-0.2, -0.15) is 0 Å². The summed E-state index contributed by atoms with van der Waals surface area (Å²) in [7, 11) is -1.63. The van der Waals surface area contributed by atoms with Crippen LogP contribution < -0.4 is 4.72 Å². The van der Waals surface area contributed by atoms with Gasteiger partial charge in [0.25, 0.3) is 0 Å². The van der Waals surface area contributed by atoms with Crippen molar-refractivity contribution in [3.8, 4) is 11.4 Å². The van der Waals surface area contributed by atoms with E-state index in [2.05, 4.69) is 14.9 Å². The lowest BCUT2D eigenvalue weighted by Gasteiger charge is -2.06. The molecule has 1 heterocycles. The Kier molecular flexibility index (Phi) is 3.53. The molecule has 0 atom stereocenters. The van der Waals surface area contributed by atoms with Crippen LogP contribution >= 0.6 is 11.6 Å². The normalized spacial score (nSPS) is 11.4. The molecule has 0 unspecified atom stereocenters. The number of benzene rings is 1. The van der Waals surface area contributed by atoms with Gasteiger partial charge in [0.05, 0.1) is 0 Å². The van der Waals surface area contributed by atoms with Gasteiger partial charge in [-0.15, -0.1) is 21.8 Å². The summed E-state index contributed by atoms with van der Waals surface area (Å²) in [6.07, 6.45) is 1.60. The molecule has 0 radical (unpaired) electrons. The van der Waals surface area contributed by atoms with Crippen molar-refractivity contribution in [3.05, 3.63) is 30.6 Å². The smallest absolute Gasteiger partial charge is 0.246 e. The summed E-state index contributed by atoms with van der Waals surface area (Å²) in [5.74, 6) is 0.710. The number of halogens is 1. The van der Waals surface area contributed by atoms with Crippen LogP contribution in [0.2, 0.25) is 0 Å². The molecule has 0 amide bonds. The second kappa shape index (κ2) is 4.95. The number of anilines is 1. The number of aryl methyl sites for hydroxylation is 1. The molecular formula is C10H11ClN4O2S. The number of aromatic nitrogens is 3. The van der Waals surface area contributed by atoms with Crippen LogP contribution in [-0.2, 0) is 17.1 Å². The van der Waals surface area contributed by atoms with E-state index >= 15 is 0 Å². The van der Waals surface area contributed by atoms with Crippen molar-refractivity contribution in [3.63, 3.8) is 0 Å². The van der Waals surface area contributed by atoms with E-state index in [4.69, 9.17) is 11.6 Å². The van der Waals surface area contributed by atoms with Gasteiger partial charge < -0.3 is 4.57 Å². The van der Waals surface area contributed by atoms with E-state index in [0.29, 0.717) is 11.5 Å². The highest BCUT2D eigenvalue weighted by atomic mass is 35.5. The molecule has 18 heavy (non-hydrogen) atoms. The van der Waals surface area contributed by atoms with Gasteiger partial charge in [-0.3, -0.25) is 4.72 Å². The Bertz CT molecular complexity index is 636. The SMILES string of the molecule is Cn1cnnc1-c1ccc(NS(=O)(=O)CCl)cc1. The average Bonchev–Trinajstić information content (AvgIpc) is 2.76. The van der Waals surface area contributed by atoms with E-state index in [-0.39, 0.29) is 0 Å². The molecule has 0 aliphatic rings. The van der Waals surface area contributed by atoms with E-state index in [1.54, 1.807) is 35.2 Å². The largest absolute Gasteiger partial charge is 0.317 e. The molecule has 0 saturated heterocycles. The third-order valence-corrected chi connectivity index (χ3v) is 3.97. The summed E-state index contributed by atoms with van der Waals surface area (Å²) in [5.41, 5.74) is 1.31. The van der Waals surface area contributed by atoms with Gasteiger partial charge in [0.1, 0.15) is 11.5 Å². The third-order valence-electron chi connectivity index (χ3n) is 2.27. The molecule has 1 aromatic carbocycles. The van der Waals surface area contributed by atoms with Gasteiger partial charge in [-0.05, 0) is 24.3 Å². The number of rotatable bonds is 4. The van der Waals surface area contributed by atoms with E-state index in [1.165, 1.54) is 0 Å². The van der Waals surface area contributed by atoms with Crippen molar-refractivity contribution in [2.75, 3.05) is 9.93 Å². The predicted octanol–water partition coefficient (Wildman–Crippen LogP) is 1.42. The zero-order chi connectivity index (χ0) is 13.2. The predicted molar refractivity (Wildman–Crippen MR) is 69.7 cm³/mol. The maximum Gasteiger partial charge on any atom is 0.246 e. The molecular weight excluding hydrogens is 276 g/mol. The van der Waals surface area contributed by atoms with E-state index < -0.39 is 15.2 Å². The zero-order valence-corrected chi connectivity index (χ0v) is 11.1. The summed E-state index contributed by atoms with van der Waals surface area (Å²) in [6.45, 7) is 0. The van der Waals surface area contributed by atoms with Gasteiger partial charge in [0.15, 0.2) is 5.82 Å². The molecule has 8 heteroatoms. The van der Waals surface area contributed by atoms with Crippen LogP contribution in [0.15, 0.2) is 30.6 Å². The Morgan fingerprint density at radius 2 is 2.00 bits per heavy atom.